The summed E-state index contributed by atoms with van der Waals surface area (Å²) >= 11 is 24.8. The van der Waals surface area contributed by atoms with Crippen molar-refractivity contribution >= 4 is 75.7 Å². The van der Waals surface area contributed by atoms with Gasteiger partial charge in [0.25, 0.3) is 16.1 Å². The van der Waals surface area contributed by atoms with Crippen LogP contribution in [0.15, 0.2) is 44.9 Å². The fourth-order valence-electron chi connectivity index (χ4n) is 5.07. The summed E-state index contributed by atoms with van der Waals surface area (Å²) in [5, 5.41) is 10.6. The highest BCUT2D eigenvalue weighted by atomic mass is 35.5. The number of halogens is 5. The van der Waals surface area contributed by atoms with Crippen LogP contribution in [0.1, 0.15) is 52.0 Å². The molecule has 3 heterocycles. The highest BCUT2D eigenvalue weighted by Gasteiger charge is 2.36. The standard InChI is InChI=1S/C28H21Cl4FN4O4S/c1-41-24-15(11-34)16-13-36(12-14(16)9-19(24)37-8-3-2-7-22(37)38)27(40)23-20(10-21(28(31,32)33)35-26(23)39)42-25-17(29)5-4-6-18(25)30/h4-6,9-10H,2-3,7-8,12-13H2,1H3,(H,35,39). The van der Waals surface area contributed by atoms with Crippen LogP contribution in [0.4, 0.5) is 10.1 Å². The number of nitriles is 1. The van der Waals surface area contributed by atoms with Gasteiger partial charge in [-0.1, -0.05) is 64.2 Å². The maximum Gasteiger partial charge on any atom is 0.298 e. The van der Waals surface area contributed by atoms with Crippen molar-refractivity contribution in [3.8, 4) is 11.8 Å². The van der Waals surface area contributed by atoms with E-state index in [-0.39, 0.29) is 50.8 Å². The number of anilines is 1. The number of ether oxygens (including phenoxy) is 1. The Morgan fingerprint density at radius 1 is 1.17 bits per heavy atom. The van der Waals surface area contributed by atoms with Gasteiger partial charge in [-0.2, -0.15) is 5.26 Å². The minimum atomic E-state index is -2.95. The van der Waals surface area contributed by atoms with Gasteiger partial charge < -0.3 is 19.5 Å². The normalized spacial score (nSPS) is 15.0. The van der Waals surface area contributed by atoms with Gasteiger partial charge in [0.05, 0.1) is 28.5 Å². The van der Waals surface area contributed by atoms with Crippen molar-refractivity contribution in [3.05, 3.63) is 78.7 Å². The number of hydrogen-bond donors (Lipinski definition) is 1. The number of fused-ring (bicyclic) bond motifs is 1. The molecule has 3 aromatic rings. The van der Waals surface area contributed by atoms with E-state index in [1.807, 2.05) is 0 Å². The number of hydrogen-bond acceptors (Lipinski definition) is 6. The third-order valence-electron chi connectivity index (χ3n) is 7.03. The lowest BCUT2D eigenvalue weighted by Crippen LogP contribution is -2.35. The first-order valence-electron chi connectivity index (χ1n) is 12.6. The van der Waals surface area contributed by atoms with E-state index >= 15 is 0 Å². The fraction of sp³-hybridized carbons (Fsp3) is 0.286. The maximum absolute atomic E-state index is 14.5. The molecule has 0 saturated carbocycles. The number of carbonyl (C=O) groups is 2. The quantitative estimate of drug-likeness (QED) is 0.285. The molecule has 2 aromatic carbocycles. The molecule has 2 aliphatic rings. The average Bonchev–Trinajstić information content (AvgIpc) is 3.37. The molecule has 0 unspecified atom stereocenters. The first kappa shape index (κ1) is 30.5. The number of alkyl halides is 3. The minimum absolute atomic E-state index is 0.0160. The molecule has 0 spiro atoms. The minimum Gasteiger partial charge on any atom is -0.493 e. The van der Waals surface area contributed by atoms with Crippen molar-refractivity contribution in [2.45, 2.75) is 46.7 Å². The molecular weight excluding hydrogens is 649 g/mol. The van der Waals surface area contributed by atoms with Crippen LogP contribution in [0, 0.1) is 11.3 Å². The fourth-order valence-corrected chi connectivity index (χ4v) is 6.91. The number of benzene rings is 2. The van der Waals surface area contributed by atoms with Crippen molar-refractivity contribution in [3.63, 3.8) is 0 Å². The second kappa shape index (κ2) is 12.0. The summed E-state index contributed by atoms with van der Waals surface area (Å²) in [6.07, 6.45) is 1.96. The van der Waals surface area contributed by atoms with Crippen molar-refractivity contribution in [2.24, 2.45) is 0 Å². The summed E-state index contributed by atoms with van der Waals surface area (Å²) in [7, 11) is 1.42. The first-order valence-corrected chi connectivity index (χ1v) is 15.0. The molecule has 1 saturated heterocycles. The van der Waals surface area contributed by atoms with E-state index in [1.54, 1.807) is 29.2 Å². The van der Waals surface area contributed by atoms with Crippen molar-refractivity contribution < 1.29 is 18.7 Å². The summed E-state index contributed by atoms with van der Waals surface area (Å²) in [6, 6.07) is 9.84. The molecule has 14 heteroatoms. The van der Waals surface area contributed by atoms with Gasteiger partial charge in [-0.25, -0.2) is 4.39 Å². The summed E-state index contributed by atoms with van der Waals surface area (Å²) in [6.45, 7) is 0.502. The first-order chi connectivity index (χ1) is 19.9. The number of aromatic amines is 1. The van der Waals surface area contributed by atoms with Gasteiger partial charge in [-0.3, -0.25) is 14.4 Å². The number of nitrogens with zero attached hydrogens (tertiary/aromatic N) is 3. The molecule has 5 rings (SSSR count). The highest BCUT2D eigenvalue weighted by molar-refractivity contribution is 7.99. The van der Waals surface area contributed by atoms with Crippen LogP contribution in [0.25, 0.3) is 0 Å². The number of rotatable bonds is 6. The van der Waals surface area contributed by atoms with Gasteiger partial charge in [0.1, 0.15) is 17.2 Å². The Morgan fingerprint density at radius 2 is 1.88 bits per heavy atom. The molecular formula is C28H21Cl4FN4O4S. The predicted molar refractivity (Wildman–Crippen MR) is 160 cm³/mol. The molecule has 0 bridgehead atoms. The van der Waals surface area contributed by atoms with Gasteiger partial charge in [-0.05, 0) is 48.2 Å². The van der Waals surface area contributed by atoms with Crippen molar-refractivity contribution in [2.75, 3.05) is 18.6 Å². The third kappa shape index (κ3) is 5.69. The van der Waals surface area contributed by atoms with E-state index in [0.29, 0.717) is 34.7 Å². The van der Waals surface area contributed by atoms with Gasteiger partial charge in [0, 0.05) is 35.8 Å². The number of piperidine rings is 1. The van der Waals surface area contributed by atoms with Crippen LogP contribution >= 0.6 is 58.2 Å². The number of nitrogens with one attached hydrogen (secondary N) is 1. The molecule has 1 fully saturated rings. The lowest BCUT2D eigenvalue weighted by molar-refractivity contribution is -0.119. The number of aromatic nitrogens is 1. The molecule has 42 heavy (non-hydrogen) atoms. The molecule has 1 N–H and O–H groups in total. The monoisotopic (exact) mass is 668 g/mol. The molecule has 0 radical (unpaired) electrons. The van der Waals surface area contributed by atoms with Gasteiger partial charge >= 0.3 is 0 Å². The van der Waals surface area contributed by atoms with Crippen LogP contribution in [0.2, 0.25) is 10.0 Å². The molecule has 8 nitrogen and oxygen atoms in total. The molecule has 0 aliphatic carbocycles. The Hall–Kier alpha value is -2.94. The number of H-pyrrole nitrogens is 1. The molecule has 1 aromatic heterocycles. The third-order valence-corrected chi connectivity index (χ3v) is 9.48. The summed E-state index contributed by atoms with van der Waals surface area (Å²) in [4.78, 5) is 45.5. The average molecular weight is 670 g/mol. The zero-order valence-corrected chi connectivity index (χ0v) is 25.7. The van der Waals surface area contributed by atoms with E-state index in [0.717, 1.165) is 30.7 Å². The van der Waals surface area contributed by atoms with E-state index in [4.69, 9.17) is 51.1 Å². The Kier molecular flexibility index (Phi) is 8.70. The van der Waals surface area contributed by atoms with Gasteiger partial charge in [0.15, 0.2) is 5.75 Å². The predicted octanol–water partition coefficient (Wildman–Crippen LogP) is 6.94. The van der Waals surface area contributed by atoms with E-state index in [9.17, 15) is 24.0 Å². The van der Waals surface area contributed by atoms with E-state index in [2.05, 4.69) is 11.1 Å². The smallest absolute Gasteiger partial charge is 0.298 e. The zero-order chi connectivity index (χ0) is 30.3. The Bertz CT molecular complexity index is 1700. The Balaban J connectivity index is 1.58. The Morgan fingerprint density at radius 3 is 2.50 bits per heavy atom. The van der Waals surface area contributed by atoms with Crippen molar-refractivity contribution in [1.82, 2.24) is 9.88 Å². The SMILES string of the molecule is COc1c(N2CCCCC2=O)cc2c(c1C#N)CN(C(=O)c1c(Sc3c(Cl)cccc3Cl)cc(C(F)(Cl)Cl)[nH]c1=O)C2. The van der Waals surface area contributed by atoms with Crippen molar-refractivity contribution in [1.29, 1.82) is 5.26 Å². The highest BCUT2D eigenvalue weighted by Crippen LogP contribution is 2.44. The van der Waals surface area contributed by atoms with E-state index < -0.39 is 21.7 Å². The number of pyridine rings is 1. The Labute approximate surface area is 264 Å². The van der Waals surface area contributed by atoms with E-state index in [1.165, 1.54) is 12.0 Å². The summed E-state index contributed by atoms with van der Waals surface area (Å²) in [5.74, 6) is -0.531. The van der Waals surface area contributed by atoms with Crippen LogP contribution in [0.5, 0.6) is 5.75 Å². The second-order valence-electron chi connectivity index (χ2n) is 9.62. The lowest BCUT2D eigenvalue weighted by atomic mass is 9.99. The lowest BCUT2D eigenvalue weighted by Gasteiger charge is -2.29. The number of amides is 2. The molecule has 2 amide bonds. The van der Waals surface area contributed by atoms with Crippen LogP contribution in [0.3, 0.4) is 0 Å². The number of methoxy groups -OCH3 is 1. The zero-order valence-electron chi connectivity index (χ0n) is 21.9. The molecule has 0 atom stereocenters. The molecule has 2 aliphatic heterocycles. The topological polar surface area (TPSA) is 106 Å². The summed E-state index contributed by atoms with van der Waals surface area (Å²) < 4.78 is 17.1. The van der Waals surface area contributed by atoms with Crippen LogP contribution in [-0.4, -0.2) is 35.4 Å². The van der Waals surface area contributed by atoms with Crippen LogP contribution < -0.4 is 15.2 Å². The largest absolute Gasteiger partial charge is 0.493 e. The van der Waals surface area contributed by atoms with Gasteiger partial charge in [0.2, 0.25) is 5.91 Å². The molecule has 218 valence electrons. The number of carbonyl (C=O) groups excluding carboxylic acids is 2. The second-order valence-corrected chi connectivity index (χ2v) is 12.7. The van der Waals surface area contributed by atoms with Crippen LogP contribution in [-0.2, 0) is 22.5 Å². The summed E-state index contributed by atoms with van der Waals surface area (Å²) in [5.41, 5.74) is 0.109. The maximum atomic E-state index is 14.5. The van der Waals surface area contributed by atoms with Gasteiger partial charge in [-0.15, -0.1) is 0 Å².